The quantitative estimate of drug-likeness (QED) is 0.741. The summed E-state index contributed by atoms with van der Waals surface area (Å²) >= 11 is 0. The number of allylic oxidation sites excluding steroid dienone is 2. The summed E-state index contributed by atoms with van der Waals surface area (Å²) in [4.78, 5) is 12.0. The number of Topliss-reactive ketones (excluding diaryl/α,β-unsaturated/α-hetero) is 1. The first-order valence-electron chi connectivity index (χ1n) is 5.03. The number of carbonyl (C=O) groups excluding carboxylic acids is 1. The third kappa shape index (κ3) is 1.77. The predicted octanol–water partition coefficient (Wildman–Crippen LogP) is 1.82. The maximum absolute atomic E-state index is 12.0. The van der Waals surface area contributed by atoms with E-state index in [2.05, 4.69) is 0 Å². The van der Waals surface area contributed by atoms with Gasteiger partial charge < -0.3 is 10.2 Å². The second-order valence-electron chi connectivity index (χ2n) is 3.76. The van der Waals surface area contributed by atoms with Crippen molar-refractivity contribution in [3.63, 3.8) is 0 Å². The Labute approximate surface area is 93.4 Å². The van der Waals surface area contributed by atoms with Crippen molar-refractivity contribution in [3.8, 4) is 5.75 Å². The molecule has 0 fully saturated rings. The summed E-state index contributed by atoms with van der Waals surface area (Å²) in [5, 5.41) is 19.7. The lowest BCUT2D eigenvalue weighted by Gasteiger charge is -2.23. The molecule has 82 valence electrons. The van der Waals surface area contributed by atoms with Crippen LogP contribution in [0.4, 0.5) is 0 Å². The van der Waals surface area contributed by atoms with Crippen molar-refractivity contribution >= 4 is 5.78 Å². The lowest BCUT2D eigenvalue weighted by atomic mass is 9.87. The molecular weight excluding hydrogens is 204 g/mol. The Hall–Kier alpha value is -1.87. The maximum Gasteiger partial charge on any atom is 0.202 e. The fourth-order valence-corrected chi connectivity index (χ4v) is 1.68. The third-order valence-corrected chi connectivity index (χ3v) is 2.59. The summed E-state index contributed by atoms with van der Waals surface area (Å²) < 4.78 is 0. The van der Waals surface area contributed by atoms with Crippen LogP contribution in [0.2, 0.25) is 0 Å². The number of ketones is 1. The Morgan fingerprint density at radius 3 is 2.62 bits per heavy atom. The van der Waals surface area contributed by atoms with E-state index in [1.807, 2.05) is 0 Å². The van der Waals surface area contributed by atoms with Crippen molar-refractivity contribution in [1.82, 2.24) is 0 Å². The molecule has 0 aromatic heterocycles. The Kier molecular flexibility index (Phi) is 2.62. The molecule has 1 unspecified atom stereocenters. The van der Waals surface area contributed by atoms with Crippen molar-refractivity contribution in [2.24, 2.45) is 0 Å². The SMILES string of the molecule is O=C(c1ccccc1O)C1(O)C=CC=CC1. The van der Waals surface area contributed by atoms with Crippen LogP contribution in [0.15, 0.2) is 48.6 Å². The molecule has 0 amide bonds. The van der Waals surface area contributed by atoms with Crippen molar-refractivity contribution < 1.29 is 15.0 Å². The van der Waals surface area contributed by atoms with E-state index in [-0.39, 0.29) is 17.7 Å². The molecular formula is C13H12O3. The normalized spacial score (nSPS) is 23.3. The van der Waals surface area contributed by atoms with Gasteiger partial charge in [0.1, 0.15) is 11.4 Å². The summed E-state index contributed by atoms with van der Waals surface area (Å²) in [5.41, 5.74) is -1.39. The first-order valence-corrected chi connectivity index (χ1v) is 5.03. The van der Waals surface area contributed by atoms with Gasteiger partial charge in [-0.2, -0.15) is 0 Å². The lowest BCUT2D eigenvalue weighted by molar-refractivity contribution is 0.0532. The zero-order valence-corrected chi connectivity index (χ0v) is 8.63. The summed E-state index contributed by atoms with van der Waals surface area (Å²) in [6, 6.07) is 6.21. The molecule has 1 atom stereocenters. The number of benzene rings is 1. The Bertz CT molecular complexity index is 474. The predicted molar refractivity (Wildman–Crippen MR) is 60.3 cm³/mol. The van der Waals surface area contributed by atoms with Gasteiger partial charge in [-0.3, -0.25) is 4.79 Å². The van der Waals surface area contributed by atoms with Gasteiger partial charge in [-0.1, -0.05) is 30.4 Å². The highest BCUT2D eigenvalue weighted by molar-refractivity contribution is 6.05. The van der Waals surface area contributed by atoms with Crippen LogP contribution in [-0.2, 0) is 0 Å². The molecule has 0 heterocycles. The maximum atomic E-state index is 12.0. The highest BCUT2D eigenvalue weighted by Gasteiger charge is 2.34. The molecule has 0 spiro atoms. The first kappa shape index (κ1) is 10.6. The van der Waals surface area contributed by atoms with Gasteiger partial charge in [0.05, 0.1) is 5.56 Å². The summed E-state index contributed by atoms with van der Waals surface area (Å²) in [5.74, 6) is -0.588. The average molecular weight is 216 g/mol. The smallest absolute Gasteiger partial charge is 0.202 e. The highest BCUT2D eigenvalue weighted by Crippen LogP contribution is 2.27. The highest BCUT2D eigenvalue weighted by atomic mass is 16.3. The van der Waals surface area contributed by atoms with E-state index in [1.165, 1.54) is 18.2 Å². The van der Waals surface area contributed by atoms with Crippen molar-refractivity contribution in [1.29, 1.82) is 0 Å². The number of carbonyl (C=O) groups is 1. The number of para-hydroxylation sites is 1. The number of hydrogen-bond acceptors (Lipinski definition) is 3. The number of aliphatic hydroxyl groups is 1. The first-order chi connectivity index (χ1) is 7.63. The molecule has 2 N–H and O–H groups in total. The van der Waals surface area contributed by atoms with Crippen molar-refractivity contribution in [2.75, 3.05) is 0 Å². The molecule has 2 rings (SSSR count). The molecule has 16 heavy (non-hydrogen) atoms. The largest absolute Gasteiger partial charge is 0.507 e. The number of aromatic hydroxyl groups is 1. The van der Waals surface area contributed by atoms with Gasteiger partial charge in [0.2, 0.25) is 5.78 Å². The topological polar surface area (TPSA) is 57.5 Å². The minimum absolute atomic E-state index is 0.108. The van der Waals surface area contributed by atoms with Crippen LogP contribution in [0, 0.1) is 0 Å². The molecule has 3 heteroatoms. The molecule has 0 saturated carbocycles. The van der Waals surface area contributed by atoms with Crippen LogP contribution in [0.25, 0.3) is 0 Å². The van der Waals surface area contributed by atoms with Crippen LogP contribution in [0.5, 0.6) is 5.75 Å². The van der Waals surface area contributed by atoms with Gasteiger partial charge in [0, 0.05) is 6.42 Å². The fourth-order valence-electron chi connectivity index (χ4n) is 1.68. The Balaban J connectivity index is 2.36. The molecule has 3 nitrogen and oxygen atoms in total. The third-order valence-electron chi connectivity index (χ3n) is 2.59. The number of rotatable bonds is 2. The molecule has 1 aliphatic rings. The minimum Gasteiger partial charge on any atom is -0.507 e. The monoisotopic (exact) mass is 216 g/mol. The number of phenols is 1. The summed E-state index contributed by atoms with van der Waals surface area (Å²) in [7, 11) is 0. The minimum atomic E-state index is -1.53. The van der Waals surface area contributed by atoms with Gasteiger partial charge in [-0.15, -0.1) is 0 Å². The molecule has 1 aliphatic carbocycles. The molecule has 0 radical (unpaired) electrons. The van der Waals surface area contributed by atoms with E-state index in [9.17, 15) is 15.0 Å². The van der Waals surface area contributed by atoms with Crippen LogP contribution >= 0.6 is 0 Å². The van der Waals surface area contributed by atoms with E-state index >= 15 is 0 Å². The van der Waals surface area contributed by atoms with Gasteiger partial charge in [-0.05, 0) is 18.2 Å². The summed E-state index contributed by atoms with van der Waals surface area (Å²) in [6.07, 6.45) is 6.80. The zero-order valence-electron chi connectivity index (χ0n) is 8.63. The van der Waals surface area contributed by atoms with Gasteiger partial charge in [-0.25, -0.2) is 0 Å². The Morgan fingerprint density at radius 1 is 1.25 bits per heavy atom. The van der Waals surface area contributed by atoms with E-state index in [4.69, 9.17) is 0 Å². The Morgan fingerprint density at radius 2 is 2.00 bits per heavy atom. The zero-order chi connectivity index (χ0) is 11.6. The van der Waals surface area contributed by atoms with Crippen LogP contribution < -0.4 is 0 Å². The van der Waals surface area contributed by atoms with Gasteiger partial charge in [0.15, 0.2) is 0 Å². The van der Waals surface area contributed by atoms with Crippen LogP contribution in [-0.4, -0.2) is 21.6 Å². The molecule has 0 bridgehead atoms. The molecule has 0 saturated heterocycles. The van der Waals surface area contributed by atoms with Gasteiger partial charge in [0.25, 0.3) is 0 Å². The number of phenolic OH excluding ortho intramolecular Hbond substituents is 1. The van der Waals surface area contributed by atoms with Crippen molar-refractivity contribution in [3.05, 3.63) is 54.1 Å². The molecule has 1 aromatic rings. The summed E-state index contributed by atoms with van der Waals surface area (Å²) in [6.45, 7) is 0. The second kappa shape index (κ2) is 3.94. The van der Waals surface area contributed by atoms with Crippen LogP contribution in [0.3, 0.4) is 0 Å². The van der Waals surface area contributed by atoms with E-state index < -0.39 is 11.4 Å². The average Bonchev–Trinajstić information content (AvgIpc) is 2.30. The van der Waals surface area contributed by atoms with Crippen LogP contribution in [0.1, 0.15) is 16.8 Å². The van der Waals surface area contributed by atoms with Gasteiger partial charge >= 0.3 is 0 Å². The number of hydrogen-bond donors (Lipinski definition) is 2. The van der Waals surface area contributed by atoms with Crippen molar-refractivity contribution in [2.45, 2.75) is 12.0 Å². The second-order valence-corrected chi connectivity index (χ2v) is 3.76. The fraction of sp³-hybridized carbons (Fsp3) is 0.154. The lowest BCUT2D eigenvalue weighted by Crippen LogP contribution is -2.36. The molecule has 1 aromatic carbocycles. The van der Waals surface area contributed by atoms with E-state index in [0.717, 1.165) is 0 Å². The van der Waals surface area contributed by atoms with E-state index in [0.29, 0.717) is 0 Å². The standard InChI is InChI=1S/C13H12O3/c14-11-7-3-2-6-10(11)12(15)13(16)8-4-1-5-9-13/h1-8,14,16H,9H2. The van der Waals surface area contributed by atoms with E-state index in [1.54, 1.807) is 30.4 Å². The molecule has 0 aliphatic heterocycles.